The zero-order valence-electron chi connectivity index (χ0n) is 9.70. The van der Waals surface area contributed by atoms with Gasteiger partial charge in [-0.3, -0.25) is 0 Å². The zero-order valence-corrected chi connectivity index (χ0v) is 9.70. The monoisotopic (exact) mass is 215 g/mol. The van der Waals surface area contributed by atoms with Crippen molar-refractivity contribution in [2.24, 2.45) is 17.1 Å². The maximum Gasteiger partial charge on any atom is 0.0931 e. The Balaban J connectivity index is 2.01. The summed E-state index contributed by atoms with van der Waals surface area (Å²) >= 11 is 0. The van der Waals surface area contributed by atoms with Crippen LogP contribution in [-0.2, 0) is 0 Å². The summed E-state index contributed by atoms with van der Waals surface area (Å²) in [4.78, 5) is 7.40. The minimum absolute atomic E-state index is 0.350. The van der Waals surface area contributed by atoms with Crippen molar-refractivity contribution in [3.8, 4) is 0 Å². The third-order valence-corrected chi connectivity index (χ3v) is 4.11. The van der Waals surface area contributed by atoms with Crippen molar-refractivity contribution in [1.29, 1.82) is 0 Å². The predicted molar refractivity (Wildman–Crippen MR) is 65.2 cm³/mol. The summed E-state index contributed by atoms with van der Waals surface area (Å²) in [6.07, 6.45) is 1.74. The van der Waals surface area contributed by atoms with Crippen LogP contribution in [0.4, 0.5) is 0 Å². The topological polar surface area (TPSA) is 54.7 Å². The first-order chi connectivity index (χ1) is 7.64. The van der Waals surface area contributed by atoms with Gasteiger partial charge in [-0.25, -0.2) is 4.98 Å². The molecule has 1 heterocycles. The molecule has 1 aromatic carbocycles. The van der Waals surface area contributed by atoms with Crippen molar-refractivity contribution in [2.45, 2.75) is 19.8 Å². The Kier molecular flexibility index (Phi) is 1.89. The fourth-order valence-corrected chi connectivity index (χ4v) is 2.99. The molecular weight excluding hydrogens is 198 g/mol. The Morgan fingerprint density at radius 2 is 2.25 bits per heavy atom. The smallest absolute Gasteiger partial charge is 0.0931 e. The summed E-state index contributed by atoms with van der Waals surface area (Å²) in [6, 6.07) is 6.48. The summed E-state index contributed by atoms with van der Waals surface area (Å²) < 4.78 is 0. The largest absolute Gasteiger partial charge is 0.345 e. The highest BCUT2D eigenvalue weighted by Gasteiger charge is 2.57. The fraction of sp³-hybridized carbons (Fsp3) is 0.462. The van der Waals surface area contributed by atoms with E-state index in [4.69, 9.17) is 5.73 Å². The highest BCUT2D eigenvalue weighted by molar-refractivity contribution is 5.75. The number of nitrogens with zero attached hydrogens (tertiary/aromatic N) is 1. The molecule has 0 spiro atoms. The molecule has 3 nitrogen and oxygen atoms in total. The lowest BCUT2D eigenvalue weighted by molar-refractivity contribution is 0.558. The average molecular weight is 215 g/mol. The van der Waals surface area contributed by atoms with Gasteiger partial charge < -0.3 is 10.7 Å². The van der Waals surface area contributed by atoms with Gasteiger partial charge in [-0.05, 0) is 41.5 Å². The molecule has 1 aliphatic rings. The summed E-state index contributed by atoms with van der Waals surface area (Å²) in [5, 5.41) is 0. The fourth-order valence-electron chi connectivity index (χ4n) is 2.99. The molecule has 3 N–H and O–H groups in total. The highest BCUT2D eigenvalue weighted by Crippen LogP contribution is 2.63. The van der Waals surface area contributed by atoms with E-state index in [0.29, 0.717) is 17.3 Å². The molecule has 84 valence electrons. The number of benzene rings is 1. The average Bonchev–Trinajstić information content (AvgIpc) is 2.62. The van der Waals surface area contributed by atoms with E-state index in [1.54, 1.807) is 6.33 Å². The van der Waals surface area contributed by atoms with Crippen LogP contribution in [0.2, 0.25) is 0 Å². The Bertz CT molecular complexity index is 527. The van der Waals surface area contributed by atoms with Crippen LogP contribution < -0.4 is 5.73 Å². The van der Waals surface area contributed by atoms with Crippen LogP contribution in [0, 0.1) is 11.3 Å². The molecule has 0 unspecified atom stereocenters. The van der Waals surface area contributed by atoms with Gasteiger partial charge >= 0.3 is 0 Å². The number of H-pyrrole nitrogens is 1. The maximum atomic E-state index is 5.81. The van der Waals surface area contributed by atoms with Gasteiger partial charge in [0.1, 0.15) is 0 Å². The summed E-state index contributed by atoms with van der Waals surface area (Å²) in [6.45, 7) is 5.37. The molecule has 0 aliphatic heterocycles. The molecule has 2 atom stereocenters. The van der Waals surface area contributed by atoms with Crippen molar-refractivity contribution < 1.29 is 0 Å². The van der Waals surface area contributed by atoms with E-state index in [0.717, 1.165) is 17.6 Å². The third kappa shape index (κ3) is 1.21. The predicted octanol–water partition coefficient (Wildman–Crippen LogP) is 2.26. The number of aromatic nitrogens is 2. The van der Waals surface area contributed by atoms with Gasteiger partial charge in [0.25, 0.3) is 0 Å². The van der Waals surface area contributed by atoms with Gasteiger partial charge in [0, 0.05) is 0 Å². The number of rotatable bonds is 2. The van der Waals surface area contributed by atoms with Crippen LogP contribution in [0.25, 0.3) is 11.0 Å². The van der Waals surface area contributed by atoms with E-state index in [2.05, 4.69) is 42.0 Å². The highest BCUT2D eigenvalue weighted by atomic mass is 14.9. The molecule has 1 fully saturated rings. The maximum absolute atomic E-state index is 5.81. The van der Waals surface area contributed by atoms with Crippen LogP contribution in [0.15, 0.2) is 24.5 Å². The van der Waals surface area contributed by atoms with E-state index in [9.17, 15) is 0 Å². The molecule has 3 rings (SSSR count). The van der Waals surface area contributed by atoms with Crippen LogP contribution in [-0.4, -0.2) is 16.5 Å². The molecular formula is C13H17N3. The summed E-state index contributed by atoms with van der Waals surface area (Å²) in [7, 11) is 0. The van der Waals surface area contributed by atoms with Crippen molar-refractivity contribution >= 4 is 11.0 Å². The molecule has 0 radical (unpaired) electrons. The minimum Gasteiger partial charge on any atom is -0.345 e. The number of imidazole rings is 1. The van der Waals surface area contributed by atoms with E-state index in [-0.39, 0.29) is 0 Å². The Morgan fingerprint density at radius 1 is 1.44 bits per heavy atom. The number of aromatic amines is 1. The van der Waals surface area contributed by atoms with Crippen LogP contribution in [0.3, 0.4) is 0 Å². The zero-order chi connectivity index (χ0) is 11.3. The minimum atomic E-state index is 0.350. The Labute approximate surface area is 95.1 Å². The molecule has 0 bridgehead atoms. The molecule has 0 saturated heterocycles. The van der Waals surface area contributed by atoms with Gasteiger partial charge in [0.15, 0.2) is 0 Å². The molecule has 16 heavy (non-hydrogen) atoms. The number of nitrogens with two attached hydrogens (primary N) is 1. The van der Waals surface area contributed by atoms with E-state index < -0.39 is 0 Å². The molecule has 1 aliphatic carbocycles. The summed E-state index contributed by atoms with van der Waals surface area (Å²) in [5.41, 5.74) is 9.70. The second kappa shape index (κ2) is 3.08. The lowest BCUT2D eigenvalue weighted by Gasteiger charge is -2.02. The van der Waals surface area contributed by atoms with Crippen LogP contribution in [0.1, 0.15) is 25.3 Å². The van der Waals surface area contributed by atoms with Crippen molar-refractivity contribution in [2.75, 3.05) is 6.54 Å². The first kappa shape index (κ1) is 9.85. The number of nitrogens with one attached hydrogen (secondary N) is 1. The standard InChI is InChI=1S/C13H17N3/c1-13(2)9(6-14)12(13)8-3-4-10-11(5-8)16-7-15-10/h3-5,7,9,12H,6,14H2,1-2H3,(H,15,16)/t9-,12-/m0/s1. The number of fused-ring (bicyclic) bond motifs is 1. The number of hydrogen-bond donors (Lipinski definition) is 2. The molecule has 1 aromatic heterocycles. The third-order valence-electron chi connectivity index (χ3n) is 4.11. The number of hydrogen-bond acceptors (Lipinski definition) is 2. The SMILES string of the molecule is CC1(C)[C@@H](CN)[C@@H]1c1ccc2nc[nH]c2c1. The van der Waals surface area contributed by atoms with Crippen molar-refractivity contribution in [3.05, 3.63) is 30.1 Å². The summed E-state index contributed by atoms with van der Waals surface area (Å²) in [5.74, 6) is 1.22. The molecule has 2 aromatic rings. The first-order valence-corrected chi connectivity index (χ1v) is 5.77. The second-order valence-electron chi connectivity index (χ2n) is 5.32. The lowest BCUT2D eigenvalue weighted by Crippen LogP contribution is -2.05. The normalized spacial score (nSPS) is 27.2. The molecule has 0 amide bonds. The second-order valence-corrected chi connectivity index (χ2v) is 5.32. The quantitative estimate of drug-likeness (QED) is 0.807. The van der Waals surface area contributed by atoms with Crippen molar-refractivity contribution in [1.82, 2.24) is 9.97 Å². The van der Waals surface area contributed by atoms with Gasteiger partial charge in [-0.1, -0.05) is 19.9 Å². The Morgan fingerprint density at radius 3 is 2.94 bits per heavy atom. The van der Waals surface area contributed by atoms with E-state index >= 15 is 0 Å². The van der Waals surface area contributed by atoms with E-state index in [1.807, 2.05) is 0 Å². The van der Waals surface area contributed by atoms with E-state index in [1.165, 1.54) is 5.56 Å². The van der Waals surface area contributed by atoms with Gasteiger partial charge in [-0.15, -0.1) is 0 Å². The molecule has 1 saturated carbocycles. The van der Waals surface area contributed by atoms with Gasteiger partial charge in [0.2, 0.25) is 0 Å². The van der Waals surface area contributed by atoms with Gasteiger partial charge in [0.05, 0.1) is 17.4 Å². The van der Waals surface area contributed by atoms with Crippen molar-refractivity contribution in [3.63, 3.8) is 0 Å². The van der Waals surface area contributed by atoms with Gasteiger partial charge in [-0.2, -0.15) is 0 Å². The Hall–Kier alpha value is -1.35. The first-order valence-electron chi connectivity index (χ1n) is 5.77. The molecule has 3 heteroatoms. The van der Waals surface area contributed by atoms with Crippen LogP contribution >= 0.6 is 0 Å². The lowest BCUT2D eigenvalue weighted by atomic mass is 10.0. The van der Waals surface area contributed by atoms with Crippen LogP contribution in [0.5, 0.6) is 0 Å².